The van der Waals surface area contributed by atoms with Crippen LogP contribution in [0.3, 0.4) is 0 Å². The summed E-state index contributed by atoms with van der Waals surface area (Å²) in [5.41, 5.74) is 1.71. The third kappa shape index (κ3) is 3.32. The van der Waals surface area contributed by atoms with Crippen molar-refractivity contribution in [3.8, 4) is 6.07 Å². The SMILES string of the molecule is N#Cc1ccc(C=C2CN(C(=O)N3N=CC[C@H]3c3cncc(F)c3)C2)c(F)n1. The van der Waals surface area contributed by atoms with Gasteiger partial charge in [-0.25, -0.2) is 19.2 Å². The molecule has 140 valence electrons. The normalized spacial score (nSPS) is 18.0. The van der Waals surface area contributed by atoms with E-state index in [9.17, 15) is 13.6 Å². The first-order valence-electron chi connectivity index (χ1n) is 8.52. The molecular weight excluding hydrogens is 366 g/mol. The number of carbonyl (C=O) groups excluding carboxylic acids is 1. The van der Waals surface area contributed by atoms with Crippen LogP contribution in [-0.2, 0) is 0 Å². The molecule has 2 aromatic rings. The van der Waals surface area contributed by atoms with Crippen molar-refractivity contribution in [3.05, 3.63) is 64.8 Å². The minimum Gasteiger partial charge on any atom is -0.315 e. The number of carbonyl (C=O) groups is 1. The van der Waals surface area contributed by atoms with Gasteiger partial charge in [0.25, 0.3) is 0 Å². The fraction of sp³-hybridized carbons (Fsp3) is 0.211. The number of amides is 2. The number of urea groups is 1. The average Bonchev–Trinajstić information content (AvgIpc) is 3.14. The van der Waals surface area contributed by atoms with Crippen molar-refractivity contribution < 1.29 is 13.6 Å². The maximum atomic E-state index is 13.9. The van der Waals surface area contributed by atoms with Gasteiger partial charge in [0.15, 0.2) is 0 Å². The van der Waals surface area contributed by atoms with E-state index in [0.717, 1.165) is 11.8 Å². The monoisotopic (exact) mass is 380 g/mol. The van der Waals surface area contributed by atoms with E-state index in [-0.39, 0.29) is 17.3 Å². The summed E-state index contributed by atoms with van der Waals surface area (Å²) >= 11 is 0. The predicted octanol–water partition coefficient (Wildman–Crippen LogP) is 2.88. The second kappa shape index (κ2) is 7.15. The molecule has 2 aliphatic heterocycles. The molecule has 0 bridgehead atoms. The molecule has 7 nitrogen and oxygen atoms in total. The van der Waals surface area contributed by atoms with Gasteiger partial charge in [0.05, 0.1) is 12.2 Å². The Bertz CT molecular complexity index is 1040. The zero-order chi connectivity index (χ0) is 19.7. The molecule has 0 N–H and O–H groups in total. The highest BCUT2D eigenvalue weighted by Gasteiger charge is 2.35. The van der Waals surface area contributed by atoms with Crippen molar-refractivity contribution in [2.45, 2.75) is 12.5 Å². The second-order valence-electron chi connectivity index (χ2n) is 6.46. The van der Waals surface area contributed by atoms with E-state index in [2.05, 4.69) is 15.1 Å². The number of hydrazone groups is 1. The number of rotatable bonds is 2. The van der Waals surface area contributed by atoms with Crippen molar-refractivity contribution in [1.82, 2.24) is 19.9 Å². The first-order valence-corrected chi connectivity index (χ1v) is 8.52. The summed E-state index contributed by atoms with van der Waals surface area (Å²) in [7, 11) is 0. The van der Waals surface area contributed by atoms with E-state index in [1.54, 1.807) is 23.3 Å². The Morgan fingerprint density at radius 3 is 2.82 bits per heavy atom. The van der Waals surface area contributed by atoms with Crippen molar-refractivity contribution in [3.63, 3.8) is 0 Å². The van der Waals surface area contributed by atoms with Gasteiger partial charge in [0.1, 0.15) is 17.6 Å². The molecule has 4 heterocycles. The maximum Gasteiger partial charge on any atom is 0.341 e. The Labute approximate surface area is 159 Å². The lowest BCUT2D eigenvalue weighted by Gasteiger charge is -2.37. The number of hydrogen-bond donors (Lipinski definition) is 0. The summed E-state index contributed by atoms with van der Waals surface area (Å²) in [6, 6.07) is 5.34. The molecule has 0 aromatic carbocycles. The first-order chi connectivity index (χ1) is 13.5. The summed E-state index contributed by atoms with van der Waals surface area (Å²) < 4.78 is 27.3. The van der Waals surface area contributed by atoms with Crippen LogP contribution in [0.25, 0.3) is 6.08 Å². The highest BCUT2D eigenvalue weighted by molar-refractivity contribution is 5.80. The summed E-state index contributed by atoms with van der Waals surface area (Å²) in [6.45, 7) is 0.664. The van der Waals surface area contributed by atoms with Crippen LogP contribution < -0.4 is 0 Å². The lowest BCUT2D eigenvalue weighted by atomic mass is 10.0. The molecule has 4 rings (SSSR count). The Morgan fingerprint density at radius 1 is 1.29 bits per heavy atom. The molecule has 0 saturated carbocycles. The number of halogens is 2. The fourth-order valence-corrected chi connectivity index (χ4v) is 3.14. The molecule has 2 amide bonds. The molecule has 0 aliphatic carbocycles. The number of likely N-dealkylation sites (tertiary alicyclic amines) is 1. The van der Waals surface area contributed by atoms with Gasteiger partial charge >= 0.3 is 6.03 Å². The molecule has 2 aromatic heterocycles. The highest BCUT2D eigenvalue weighted by atomic mass is 19.1. The minimum absolute atomic E-state index is 0.00911. The van der Waals surface area contributed by atoms with Crippen molar-refractivity contribution in [2.75, 3.05) is 13.1 Å². The third-order valence-electron chi connectivity index (χ3n) is 4.55. The van der Waals surface area contributed by atoms with Gasteiger partial charge in [-0.15, -0.1) is 0 Å². The molecular formula is C19H14F2N6O. The molecule has 0 spiro atoms. The highest BCUT2D eigenvalue weighted by Crippen LogP contribution is 2.31. The second-order valence-corrected chi connectivity index (χ2v) is 6.46. The van der Waals surface area contributed by atoms with Gasteiger partial charge < -0.3 is 4.90 Å². The van der Waals surface area contributed by atoms with E-state index in [1.807, 2.05) is 0 Å². The smallest absolute Gasteiger partial charge is 0.315 e. The van der Waals surface area contributed by atoms with E-state index < -0.39 is 17.8 Å². The van der Waals surface area contributed by atoms with Crippen LogP contribution in [0, 0.1) is 23.1 Å². The lowest BCUT2D eigenvalue weighted by molar-refractivity contribution is 0.136. The Morgan fingerprint density at radius 2 is 2.11 bits per heavy atom. The van der Waals surface area contributed by atoms with Gasteiger partial charge in [0, 0.05) is 37.5 Å². The number of hydrogen-bond acceptors (Lipinski definition) is 5. The fourth-order valence-electron chi connectivity index (χ4n) is 3.14. The molecule has 0 unspecified atom stereocenters. The van der Waals surface area contributed by atoms with Gasteiger partial charge in [0.2, 0.25) is 5.95 Å². The number of nitrogens with zero attached hydrogens (tertiary/aromatic N) is 6. The molecule has 9 heteroatoms. The summed E-state index contributed by atoms with van der Waals surface area (Å²) in [5.74, 6) is -1.19. The van der Waals surface area contributed by atoms with Crippen LogP contribution in [0.5, 0.6) is 0 Å². The van der Waals surface area contributed by atoms with Crippen LogP contribution in [0.15, 0.2) is 41.3 Å². The topological polar surface area (TPSA) is 85.5 Å². The number of pyridine rings is 2. The van der Waals surface area contributed by atoms with Crippen LogP contribution in [-0.4, -0.2) is 45.2 Å². The van der Waals surface area contributed by atoms with Crippen molar-refractivity contribution in [2.24, 2.45) is 5.10 Å². The Hall–Kier alpha value is -3.67. The quantitative estimate of drug-likeness (QED) is 0.750. The summed E-state index contributed by atoms with van der Waals surface area (Å²) in [5, 5.41) is 14.2. The zero-order valence-electron chi connectivity index (χ0n) is 14.6. The third-order valence-corrected chi connectivity index (χ3v) is 4.55. The molecule has 28 heavy (non-hydrogen) atoms. The Balaban J connectivity index is 1.43. The number of aromatic nitrogens is 2. The van der Waals surface area contributed by atoms with Gasteiger partial charge in [-0.3, -0.25) is 4.98 Å². The van der Waals surface area contributed by atoms with Crippen LogP contribution >= 0.6 is 0 Å². The molecule has 1 saturated heterocycles. The molecule has 0 radical (unpaired) electrons. The standard InChI is InChI=1S/C19H14F2N6O/c20-15-6-14(8-23-9-15)17-3-4-24-27(17)19(28)26-10-12(11-26)5-13-1-2-16(7-22)25-18(13)21/h1-2,4-6,8-9,17H,3,10-11H2/t17-/m0/s1. The van der Waals surface area contributed by atoms with Crippen LogP contribution in [0.1, 0.15) is 29.3 Å². The van der Waals surface area contributed by atoms with E-state index in [4.69, 9.17) is 5.26 Å². The summed E-state index contributed by atoms with van der Waals surface area (Å²) in [6.07, 6.45) is 6.34. The zero-order valence-corrected chi connectivity index (χ0v) is 14.6. The van der Waals surface area contributed by atoms with Crippen LogP contribution in [0.4, 0.5) is 13.6 Å². The average molecular weight is 380 g/mol. The van der Waals surface area contributed by atoms with E-state index in [1.165, 1.54) is 29.4 Å². The van der Waals surface area contributed by atoms with Gasteiger partial charge in [-0.2, -0.15) is 14.8 Å². The maximum absolute atomic E-state index is 13.9. The van der Waals surface area contributed by atoms with E-state index >= 15 is 0 Å². The van der Waals surface area contributed by atoms with Gasteiger partial charge in [-0.05, 0) is 35.4 Å². The first kappa shape index (κ1) is 17.7. The van der Waals surface area contributed by atoms with Crippen LogP contribution in [0.2, 0.25) is 0 Å². The Kier molecular flexibility index (Phi) is 4.53. The van der Waals surface area contributed by atoms with Crippen molar-refractivity contribution in [1.29, 1.82) is 5.26 Å². The minimum atomic E-state index is -0.723. The predicted molar refractivity (Wildman–Crippen MR) is 95.7 cm³/mol. The number of nitriles is 1. The van der Waals surface area contributed by atoms with Crippen molar-refractivity contribution >= 4 is 18.3 Å². The lowest BCUT2D eigenvalue weighted by Crippen LogP contribution is -2.49. The molecule has 1 fully saturated rings. The summed E-state index contributed by atoms with van der Waals surface area (Å²) in [4.78, 5) is 21.7. The van der Waals surface area contributed by atoms with Gasteiger partial charge in [-0.1, -0.05) is 0 Å². The molecule has 2 aliphatic rings. The molecule has 1 atom stereocenters. The van der Waals surface area contributed by atoms with E-state index in [0.29, 0.717) is 25.1 Å². The largest absolute Gasteiger partial charge is 0.341 e.